The van der Waals surface area contributed by atoms with Crippen molar-refractivity contribution < 1.29 is 38.1 Å². The van der Waals surface area contributed by atoms with Crippen molar-refractivity contribution in [1.29, 1.82) is 0 Å². The van der Waals surface area contributed by atoms with Gasteiger partial charge in [0.15, 0.2) is 0 Å². The number of ether oxygens (including phenoxy) is 4. The van der Waals surface area contributed by atoms with Crippen LogP contribution >= 0.6 is 0 Å². The number of likely N-dealkylation sites (N-methyl/N-ethyl adjacent to an activating group) is 1. The van der Waals surface area contributed by atoms with Gasteiger partial charge in [0.1, 0.15) is 11.2 Å². The van der Waals surface area contributed by atoms with Crippen molar-refractivity contribution in [2.75, 3.05) is 32.1 Å². The van der Waals surface area contributed by atoms with Gasteiger partial charge in [-0.25, -0.2) is 14.4 Å². The van der Waals surface area contributed by atoms with Crippen molar-refractivity contribution in [3.8, 4) is 11.1 Å². The molecule has 0 aliphatic carbocycles. The summed E-state index contributed by atoms with van der Waals surface area (Å²) in [5.74, 6) is -0.825. The Morgan fingerprint density at radius 3 is 2.38 bits per heavy atom. The average molecular weight is 650 g/mol. The number of aryl methyl sites for hydroxylation is 1. The third kappa shape index (κ3) is 8.88. The fraction of sp³-hybridized carbons (Fsp3) is 0.441. The van der Waals surface area contributed by atoms with Gasteiger partial charge >= 0.3 is 18.2 Å². The summed E-state index contributed by atoms with van der Waals surface area (Å²) in [6.07, 6.45) is 2.05. The van der Waals surface area contributed by atoms with E-state index < -0.39 is 29.4 Å². The molecule has 0 saturated heterocycles. The van der Waals surface area contributed by atoms with Crippen LogP contribution in [-0.4, -0.2) is 81.7 Å². The molecule has 47 heavy (non-hydrogen) atoms. The monoisotopic (exact) mass is 649 g/mol. The molecule has 4 rings (SSSR count). The number of rotatable bonds is 9. The number of aromatic nitrogens is 3. The quantitative estimate of drug-likeness (QED) is 0.123. The summed E-state index contributed by atoms with van der Waals surface area (Å²) in [6.45, 7) is 14.9. The summed E-state index contributed by atoms with van der Waals surface area (Å²) in [4.78, 5) is 55.5. The molecule has 1 aliphatic rings. The molecule has 13 nitrogen and oxygen atoms in total. The number of benzene rings is 1. The molecule has 0 atom stereocenters. The highest BCUT2D eigenvalue weighted by Gasteiger charge is 2.28. The lowest BCUT2D eigenvalue weighted by molar-refractivity contribution is -0.110. The molecular weight excluding hydrogens is 606 g/mol. The summed E-state index contributed by atoms with van der Waals surface area (Å²) >= 11 is 0. The highest BCUT2D eigenvalue weighted by molar-refractivity contribution is 6.35. The standard InChI is InChI=1S/C34H43N5O8/c1-10-45-30(41)24-15-20(2)35-27(24)17-23-22-16-21(11-12-26(22)36-29(23)40)25-18-39(32(43)47-34(6,7)8)37-28(25)19-44-14-13-38(9)31(42)46-33(3,4)5/h11-12,15-18,35H,10,13-14,19H2,1-9H3,(H,36,40)/b23-17-. The van der Waals surface area contributed by atoms with E-state index in [1.807, 2.05) is 13.0 Å². The van der Waals surface area contributed by atoms with Crippen molar-refractivity contribution in [2.45, 2.75) is 73.2 Å². The van der Waals surface area contributed by atoms with E-state index in [2.05, 4.69) is 15.4 Å². The van der Waals surface area contributed by atoms with Crippen LogP contribution in [0.3, 0.4) is 0 Å². The molecule has 0 saturated carbocycles. The summed E-state index contributed by atoms with van der Waals surface area (Å²) in [7, 11) is 1.62. The predicted octanol–water partition coefficient (Wildman–Crippen LogP) is 6.02. The van der Waals surface area contributed by atoms with Gasteiger partial charge in [0, 0.05) is 42.3 Å². The van der Waals surface area contributed by atoms with Gasteiger partial charge in [-0.3, -0.25) is 4.79 Å². The van der Waals surface area contributed by atoms with Gasteiger partial charge < -0.3 is 34.1 Å². The van der Waals surface area contributed by atoms with Crippen LogP contribution in [0.5, 0.6) is 0 Å². The van der Waals surface area contributed by atoms with Crippen LogP contribution in [0, 0.1) is 6.92 Å². The first kappa shape index (κ1) is 35.0. The molecule has 3 aromatic rings. The number of esters is 1. The molecule has 2 aromatic heterocycles. The molecule has 3 heterocycles. The maximum atomic E-state index is 13.1. The zero-order chi connectivity index (χ0) is 34.7. The smallest absolute Gasteiger partial charge is 0.435 e. The summed E-state index contributed by atoms with van der Waals surface area (Å²) in [6, 6.07) is 7.06. The summed E-state index contributed by atoms with van der Waals surface area (Å²) < 4.78 is 23.1. The van der Waals surface area contributed by atoms with Gasteiger partial charge in [-0.1, -0.05) is 6.07 Å². The lowest BCUT2D eigenvalue weighted by Crippen LogP contribution is -2.36. The Morgan fingerprint density at radius 1 is 1.02 bits per heavy atom. The minimum atomic E-state index is -0.746. The van der Waals surface area contributed by atoms with Crippen LogP contribution in [0.2, 0.25) is 0 Å². The van der Waals surface area contributed by atoms with Gasteiger partial charge in [-0.15, -0.1) is 0 Å². The van der Waals surface area contributed by atoms with E-state index in [0.29, 0.717) is 44.9 Å². The number of H-pyrrole nitrogens is 1. The molecule has 13 heteroatoms. The highest BCUT2D eigenvalue weighted by Crippen LogP contribution is 2.37. The van der Waals surface area contributed by atoms with Crippen LogP contribution in [0.15, 0.2) is 30.5 Å². The van der Waals surface area contributed by atoms with E-state index in [0.717, 1.165) is 10.4 Å². The minimum absolute atomic E-state index is 0.0227. The Labute approximate surface area is 274 Å². The van der Waals surface area contributed by atoms with E-state index in [1.165, 1.54) is 4.90 Å². The molecule has 0 bridgehead atoms. The van der Waals surface area contributed by atoms with Crippen molar-refractivity contribution >= 4 is 41.4 Å². The number of fused-ring (bicyclic) bond motifs is 1. The molecule has 252 valence electrons. The van der Waals surface area contributed by atoms with E-state index in [9.17, 15) is 19.2 Å². The number of nitrogens with zero attached hydrogens (tertiary/aromatic N) is 3. The molecule has 1 aliphatic heterocycles. The zero-order valence-electron chi connectivity index (χ0n) is 28.4. The zero-order valence-corrected chi connectivity index (χ0v) is 28.4. The van der Waals surface area contributed by atoms with E-state index in [4.69, 9.17) is 18.9 Å². The second-order valence-corrected chi connectivity index (χ2v) is 13.1. The van der Waals surface area contributed by atoms with Crippen LogP contribution in [-0.2, 0) is 30.3 Å². The number of carbonyl (C=O) groups is 4. The van der Waals surface area contributed by atoms with Crippen LogP contribution in [0.4, 0.5) is 15.3 Å². The Hall–Kier alpha value is -4.91. The highest BCUT2D eigenvalue weighted by atomic mass is 16.6. The van der Waals surface area contributed by atoms with Gasteiger partial charge in [0.25, 0.3) is 5.91 Å². The van der Waals surface area contributed by atoms with Gasteiger partial charge in [-0.05, 0) is 85.2 Å². The number of hydrogen-bond acceptors (Lipinski definition) is 9. The fourth-order valence-electron chi connectivity index (χ4n) is 4.71. The van der Waals surface area contributed by atoms with Gasteiger partial charge in [-0.2, -0.15) is 9.78 Å². The second kappa shape index (κ2) is 13.8. The van der Waals surface area contributed by atoms with Gasteiger partial charge in [0.05, 0.1) is 42.3 Å². The van der Waals surface area contributed by atoms with E-state index in [-0.39, 0.29) is 32.3 Å². The molecule has 2 amide bonds. The minimum Gasteiger partial charge on any atom is -0.462 e. The second-order valence-electron chi connectivity index (χ2n) is 13.1. The fourth-order valence-corrected chi connectivity index (χ4v) is 4.71. The third-order valence-electron chi connectivity index (χ3n) is 6.77. The van der Waals surface area contributed by atoms with Crippen LogP contribution in [0.1, 0.15) is 81.5 Å². The van der Waals surface area contributed by atoms with E-state index >= 15 is 0 Å². The first-order valence-electron chi connectivity index (χ1n) is 15.3. The normalized spacial score (nSPS) is 13.7. The molecule has 0 spiro atoms. The van der Waals surface area contributed by atoms with Crippen molar-refractivity contribution in [2.24, 2.45) is 0 Å². The lowest BCUT2D eigenvalue weighted by atomic mass is 9.99. The van der Waals surface area contributed by atoms with Gasteiger partial charge in [0.2, 0.25) is 0 Å². The maximum absolute atomic E-state index is 13.1. The SMILES string of the molecule is CCOC(=O)c1cc(C)[nH]c1/C=C1\C(=O)Nc2ccc(-c3cn(C(=O)OC(C)(C)C)nc3COCCN(C)C(=O)OC(C)(C)C)cc21. The number of aromatic amines is 1. The van der Waals surface area contributed by atoms with Crippen molar-refractivity contribution in [3.63, 3.8) is 0 Å². The number of anilines is 1. The first-order valence-corrected chi connectivity index (χ1v) is 15.3. The average Bonchev–Trinajstić information content (AvgIpc) is 3.64. The van der Waals surface area contributed by atoms with E-state index in [1.54, 1.807) is 86.0 Å². The maximum Gasteiger partial charge on any atom is 0.435 e. The molecule has 2 N–H and O–H groups in total. The Morgan fingerprint density at radius 2 is 1.72 bits per heavy atom. The molecule has 1 aromatic carbocycles. The lowest BCUT2D eigenvalue weighted by Gasteiger charge is -2.24. The van der Waals surface area contributed by atoms with Crippen LogP contribution in [0.25, 0.3) is 22.8 Å². The Balaban J connectivity index is 1.64. The topological polar surface area (TPSA) is 154 Å². The largest absolute Gasteiger partial charge is 0.462 e. The van der Waals surface area contributed by atoms with Crippen LogP contribution < -0.4 is 5.32 Å². The Bertz CT molecular complexity index is 1700. The molecule has 0 unspecified atom stereocenters. The molecular formula is C34H43N5O8. The first-order chi connectivity index (χ1) is 22.0. The Kier molecular flexibility index (Phi) is 10.3. The summed E-state index contributed by atoms with van der Waals surface area (Å²) in [5.41, 5.74) is 3.38. The summed E-state index contributed by atoms with van der Waals surface area (Å²) in [5, 5.41) is 7.34. The third-order valence-corrected chi connectivity index (χ3v) is 6.77. The van der Waals surface area contributed by atoms with Crippen molar-refractivity contribution in [3.05, 3.63) is 58.7 Å². The molecule has 0 fully saturated rings. The number of carbonyl (C=O) groups excluding carboxylic acids is 4. The predicted molar refractivity (Wildman–Crippen MR) is 176 cm³/mol. The molecule has 0 radical (unpaired) electrons. The number of hydrogen-bond donors (Lipinski definition) is 2. The van der Waals surface area contributed by atoms with Crippen molar-refractivity contribution in [1.82, 2.24) is 19.7 Å². The number of nitrogens with one attached hydrogen (secondary N) is 2. The number of amides is 2.